The molecule has 0 radical (unpaired) electrons. The van der Waals surface area contributed by atoms with E-state index in [1.165, 1.54) is 64.6 Å². The third-order valence-corrected chi connectivity index (χ3v) is 7.23. The first-order valence-electron chi connectivity index (χ1n) is 12.5. The van der Waals surface area contributed by atoms with Crippen molar-refractivity contribution in [1.82, 2.24) is 9.88 Å². The topological polar surface area (TPSA) is 45.6 Å². The summed E-state index contributed by atoms with van der Waals surface area (Å²) in [7, 11) is 1.68. The molecule has 0 aliphatic carbocycles. The van der Waals surface area contributed by atoms with Gasteiger partial charge in [0.05, 0.1) is 18.7 Å². The van der Waals surface area contributed by atoms with Gasteiger partial charge in [0.1, 0.15) is 5.75 Å². The second-order valence-electron chi connectivity index (χ2n) is 9.31. The Morgan fingerprint density at radius 2 is 1.97 bits per heavy atom. The van der Waals surface area contributed by atoms with E-state index in [0.29, 0.717) is 0 Å². The Morgan fingerprint density at radius 1 is 1.13 bits per heavy atom. The van der Waals surface area contributed by atoms with Crippen LogP contribution in [0.25, 0.3) is 10.9 Å². The van der Waals surface area contributed by atoms with Gasteiger partial charge in [-0.25, -0.2) is 0 Å². The Morgan fingerprint density at radius 3 is 2.74 bits per heavy atom. The van der Waals surface area contributed by atoms with Crippen LogP contribution in [0.5, 0.6) is 5.75 Å². The van der Waals surface area contributed by atoms with E-state index >= 15 is 0 Å². The van der Waals surface area contributed by atoms with Crippen molar-refractivity contribution in [2.45, 2.75) is 77.7 Å². The van der Waals surface area contributed by atoms with E-state index in [1.54, 1.807) is 13.3 Å². The molecule has 1 aliphatic rings. The van der Waals surface area contributed by atoms with Crippen LogP contribution in [-0.4, -0.2) is 41.7 Å². The Kier molecular flexibility index (Phi) is 9.60. The lowest BCUT2D eigenvalue weighted by atomic mass is 9.80. The van der Waals surface area contributed by atoms with Gasteiger partial charge in [0.15, 0.2) is 0 Å². The molecule has 0 spiro atoms. The third-order valence-electron chi connectivity index (χ3n) is 7.23. The van der Waals surface area contributed by atoms with Gasteiger partial charge in [0, 0.05) is 18.1 Å². The van der Waals surface area contributed by atoms with E-state index in [4.69, 9.17) is 4.74 Å². The van der Waals surface area contributed by atoms with Gasteiger partial charge in [-0.3, -0.25) is 4.98 Å². The molecule has 2 heterocycles. The Labute approximate surface area is 189 Å². The van der Waals surface area contributed by atoms with E-state index in [9.17, 15) is 5.11 Å². The Balaban J connectivity index is 1.53. The standard InChI is InChI=1S/C27H42N2O2/c1-4-6-7-8-9-17-29-18-15-22(21(5-2)20-29)10-13-27(30)24-14-16-28-26-12-11-23(31-3)19-25(24)26/h11-12,14,16,19,21-22,27,30H,4-10,13,15,17-18,20H2,1-3H3. The van der Waals surface area contributed by atoms with Crippen molar-refractivity contribution in [2.75, 3.05) is 26.7 Å². The highest BCUT2D eigenvalue weighted by Crippen LogP contribution is 2.34. The fourth-order valence-corrected chi connectivity index (χ4v) is 5.23. The normalized spacial score (nSPS) is 20.8. The number of hydrogen-bond acceptors (Lipinski definition) is 4. The number of methoxy groups -OCH3 is 1. The predicted octanol–water partition coefficient (Wildman–Crippen LogP) is 6.38. The molecule has 172 valence electrons. The molecule has 4 nitrogen and oxygen atoms in total. The molecule has 3 unspecified atom stereocenters. The second-order valence-corrected chi connectivity index (χ2v) is 9.31. The molecule has 1 aromatic carbocycles. The van der Waals surface area contributed by atoms with Crippen LogP contribution in [0.3, 0.4) is 0 Å². The molecule has 1 aliphatic heterocycles. The van der Waals surface area contributed by atoms with E-state index in [1.807, 2.05) is 24.3 Å². The summed E-state index contributed by atoms with van der Waals surface area (Å²) in [5.74, 6) is 2.28. The van der Waals surface area contributed by atoms with Gasteiger partial charge >= 0.3 is 0 Å². The van der Waals surface area contributed by atoms with Gasteiger partial charge in [-0.1, -0.05) is 46.0 Å². The number of aliphatic hydroxyl groups is 1. The number of pyridine rings is 1. The van der Waals surface area contributed by atoms with Crippen LogP contribution in [0.4, 0.5) is 0 Å². The van der Waals surface area contributed by atoms with Crippen LogP contribution in [0.2, 0.25) is 0 Å². The highest BCUT2D eigenvalue weighted by atomic mass is 16.5. The number of fused-ring (bicyclic) bond motifs is 1. The second kappa shape index (κ2) is 12.4. The number of hydrogen-bond donors (Lipinski definition) is 1. The number of rotatable bonds is 12. The van der Waals surface area contributed by atoms with Gasteiger partial charge in [0.2, 0.25) is 0 Å². The number of benzene rings is 1. The van der Waals surface area contributed by atoms with Gasteiger partial charge in [-0.15, -0.1) is 0 Å². The van der Waals surface area contributed by atoms with E-state index in [-0.39, 0.29) is 0 Å². The lowest BCUT2D eigenvalue weighted by Crippen LogP contribution is -2.40. The lowest BCUT2D eigenvalue weighted by Gasteiger charge is -2.39. The summed E-state index contributed by atoms with van der Waals surface area (Å²) in [6.45, 7) is 8.34. The number of unbranched alkanes of at least 4 members (excludes halogenated alkanes) is 4. The molecule has 1 N–H and O–H groups in total. The first kappa shape index (κ1) is 24.0. The maximum Gasteiger partial charge on any atom is 0.119 e. The number of likely N-dealkylation sites (tertiary alicyclic amines) is 1. The number of nitrogens with zero attached hydrogens (tertiary/aromatic N) is 2. The first-order chi connectivity index (χ1) is 15.2. The molecular formula is C27H42N2O2. The number of aromatic nitrogens is 1. The van der Waals surface area contributed by atoms with Crippen molar-refractivity contribution < 1.29 is 9.84 Å². The summed E-state index contributed by atoms with van der Waals surface area (Å²) in [5.41, 5.74) is 1.89. The maximum absolute atomic E-state index is 11.0. The molecule has 31 heavy (non-hydrogen) atoms. The third kappa shape index (κ3) is 6.66. The summed E-state index contributed by atoms with van der Waals surface area (Å²) >= 11 is 0. The van der Waals surface area contributed by atoms with Gasteiger partial charge < -0.3 is 14.7 Å². The quantitative estimate of drug-likeness (QED) is 0.400. The average molecular weight is 427 g/mol. The van der Waals surface area contributed by atoms with Crippen LogP contribution in [0.1, 0.15) is 83.3 Å². The predicted molar refractivity (Wildman–Crippen MR) is 130 cm³/mol. The molecular weight excluding hydrogens is 384 g/mol. The van der Waals surface area contributed by atoms with Crippen molar-refractivity contribution in [1.29, 1.82) is 0 Å². The van der Waals surface area contributed by atoms with Crippen LogP contribution in [0, 0.1) is 11.8 Å². The fourth-order valence-electron chi connectivity index (χ4n) is 5.23. The molecule has 4 heteroatoms. The van der Waals surface area contributed by atoms with E-state index in [0.717, 1.165) is 46.9 Å². The van der Waals surface area contributed by atoms with Crippen LogP contribution in [0.15, 0.2) is 30.5 Å². The summed E-state index contributed by atoms with van der Waals surface area (Å²) in [6.07, 6.45) is 12.6. The zero-order valence-corrected chi connectivity index (χ0v) is 19.9. The van der Waals surface area contributed by atoms with Gasteiger partial charge in [-0.05, 0) is 80.4 Å². The smallest absolute Gasteiger partial charge is 0.119 e. The molecule has 1 aromatic heterocycles. The summed E-state index contributed by atoms with van der Waals surface area (Å²) in [5, 5.41) is 12.0. The zero-order chi connectivity index (χ0) is 22.1. The van der Waals surface area contributed by atoms with Crippen molar-refractivity contribution in [2.24, 2.45) is 11.8 Å². The highest BCUT2D eigenvalue weighted by molar-refractivity contribution is 5.83. The monoisotopic (exact) mass is 426 g/mol. The van der Waals surface area contributed by atoms with E-state index < -0.39 is 6.10 Å². The first-order valence-corrected chi connectivity index (χ1v) is 12.5. The summed E-state index contributed by atoms with van der Waals surface area (Å²) in [6, 6.07) is 7.85. The summed E-state index contributed by atoms with van der Waals surface area (Å²) in [4.78, 5) is 7.14. The number of aliphatic hydroxyl groups excluding tert-OH is 1. The minimum atomic E-state index is -0.452. The minimum Gasteiger partial charge on any atom is -0.497 e. The van der Waals surface area contributed by atoms with E-state index in [2.05, 4.69) is 23.7 Å². The van der Waals surface area contributed by atoms with Crippen LogP contribution in [-0.2, 0) is 0 Å². The van der Waals surface area contributed by atoms with Gasteiger partial charge in [-0.2, -0.15) is 0 Å². The number of piperidine rings is 1. The van der Waals surface area contributed by atoms with Crippen LogP contribution >= 0.6 is 0 Å². The molecule has 0 saturated carbocycles. The highest BCUT2D eigenvalue weighted by Gasteiger charge is 2.28. The molecule has 0 bridgehead atoms. The fraction of sp³-hybridized carbons (Fsp3) is 0.667. The molecule has 2 aromatic rings. The SMILES string of the molecule is CCCCCCCN1CCC(CCC(O)c2ccnc3ccc(OC)cc23)C(CC)C1. The Bertz CT molecular complexity index is 794. The van der Waals surface area contributed by atoms with Gasteiger partial charge in [0.25, 0.3) is 0 Å². The molecule has 3 rings (SSSR count). The largest absolute Gasteiger partial charge is 0.497 e. The summed E-state index contributed by atoms with van der Waals surface area (Å²) < 4.78 is 5.38. The van der Waals surface area contributed by atoms with Crippen LogP contribution < -0.4 is 4.74 Å². The lowest BCUT2D eigenvalue weighted by molar-refractivity contribution is 0.0903. The van der Waals surface area contributed by atoms with Crippen molar-refractivity contribution in [3.8, 4) is 5.75 Å². The Hall–Kier alpha value is -1.65. The van der Waals surface area contributed by atoms with Crippen molar-refractivity contribution in [3.05, 3.63) is 36.0 Å². The molecule has 0 amide bonds. The van der Waals surface area contributed by atoms with Crippen molar-refractivity contribution in [3.63, 3.8) is 0 Å². The maximum atomic E-state index is 11.0. The minimum absolute atomic E-state index is 0.452. The van der Waals surface area contributed by atoms with Crippen molar-refractivity contribution >= 4 is 10.9 Å². The molecule has 3 atom stereocenters. The zero-order valence-electron chi connectivity index (χ0n) is 19.9. The average Bonchev–Trinajstić information content (AvgIpc) is 2.81. The number of ether oxygens (including phenoxy) is 1. The molecule has 1 fully saturated rings. The molecule has 1 saturated heterocycles.